The predicted molar refractivity (Wildman–Crippen MR) is 88.5 cm³/mol. The van der Waals surface area contributed by atoms with Gasteiger partial charge in [-0.05, 0) is 52.4 Å². The molecule has 0 spiro atoms. The Morgan fingerprint density at radius 1 is 1.30 bits per heavy atom. The third-order valence-corrected chi connectivity index (χ3v) is 5.26. The lowest BCUT2D eigenvalue weighted by Gasteiger charge is -2.33. The van der Waals surface area contributed by atoms with Crippen molar-refractivity contribution < 1.29 is 0 Å². The van der Waals surface area contributed by atoms with Crippen LogP contribution in [0.4, 0.5) is 5.13 Å². The maximum absolute atomic E-state index is 4.62. The van der Waals surface area contributed by atoms with Crippen molar-refractivity contribution in [2.24, 2.45) is 5.92 Å². The number of hydrogen-bond donors (Lipinski definition) is 1. The molecule has 0 amide bonds. The maximum atomic E-state index is 4.62. The Hall–Kier alpha value is -0.610. The van der Waals surface area contributed by atoms with Crippen LogP contribution in [0.3, 0.4) is 0 Å². The van der Waals surface area contributed by atoms with Gasteiger partial charge in [-0.15, -0.1) is 11.3 Å². The highest BCUT2D eigenvalue weighted by molar-refractivity contribution is 7.15. The van der Waals surface area contributed by atoms with Gasteiger partial charge in [0.2, 0.25) is 0 Å². The fourth-order valence-corrected chi connectivity index (χ4v) is 3.56. The van der Waals surface area contributed by atoms with Gasteiger partial charge in [0.15, 0.2) is 5.13 Å². The minimum atomic E-state index is 0.162. The molecule has 1 N–H and O–H groups in total. The average Bonchev–Trinajstić information content (AvgIpc) is 2.84. The molecule has 0 aromatic carbocycles. The summed E-state index contributed by atoms with van der Waals surface area (Å²) in [6.45, 7) is 9.88. The van der Waals surface area contributed by atoms with Crippen molar-refractivity contribution in [3.63, 3.8) is 0 Å². The lowest BCUT2D eigenvalue weighted by atomic mass is 9.87. The minimum Gasteiger partial charge on any atom is -0.348 e. The van der Waals surface area contributed by atoms with Crippen LogP contribution in [-0.2, 0) is 6.54 Å². The first-order valence-corrected chi connectivity index (χ1v) is 8.59. The molecule has 0 saturated heterocycles. The molecular formula is C16H29N3S. The Bertz CT molecular complexity index is 414. The molecule has 1 fully saturated rings. The van der Waals surface area contributed by atoms with Crippen LogP contribution in [0.25, 0.3) is 0 Å². The third-order valence-electron chi connectivity index (χ3n) is 4.17. The lowest BCUT2D eigenvalue weighted by Crippen LogP contribution is -2.35. The molecule has 1 aliphatic carbocycles. The summed E-state index contributed by atoms with van der Waals surface area (Å²) in [6.07, 6.45) is 7.37. The zero-order valence-corrected chi connectivity index (χ0v) is 14.4. The summed E-state index contributed by atoms with van der Waals surface area (Å²) in [4.78, 5) is 8.34. The monoisotopic (exact) mass is 295 g/mol. The zero-order chi connectivity index (χ0) is 14.8. The summed E-state index contributed by atoms with van der Waals surface area (Å²) < 4.78 is 0. The molecule has 2 rings (SSSR count). The summed E-state index contributed by atoms with van der Waals surface area (Å²) in [5.41, 5.74) is 0.162. The van der Waals surface area contributed by atoms with Crippen molar-refractivity contribution in [3.05, 3.63) is 11.1 Å². The van der Waals surface area contributed by atoms with E-state index >= 15 is 0 Å². The average molecular weight is 295 g/mol. The van der Waals surface area contributed by atoms with Crippen LogP contribution >= 0.6 is 11.3 Å². The Balaban J connectivity index is 1.91. The van der Waals surface area contributed by atoms with Gasteiger partial charge in [-0.3, -0.25) is 0 Å². The van der Waals surface area contributed by atoms with Crippen LogP contribution < -0.4 is 10.2 Å². The quantitative estimate of drug-likeness (QED) is 0.908. The summed E-state index contributed by atoms with van der Waals surface area (Å²) in [6, 6.07) is 0.681. The Labute approximate surface area is 127 Å². The van der Waals surface area contributed by atoms with Gasteiger partial charge in [0.05, 0.1) is 0 Å². The highest BCUT2D eigenvalue weighted by Crippen LogP contribution is 2.31. The van der Waals surface area contributed by atoms with Crippen LogP contribution in [0.5, 0.6) is 0 Å². The molecule has 1 aromatic rings. The van der Waals surface area contributed by atoms with Crippen molar-refractivity contribution >= 4 is 16.5 Å². The highest BCUT2D eigenvalue weighted by Gasteiger charge is 2.23. The van der Waals surface area contributed by atoms with Gasteiger partial charge in [-0.25, -0.2) is 4.98 Å². The highest BCUT2D eigenvalue weighted by atomic mass is 32.1. The number of nitrogens with zero attached hydrogens (tertiary/aromatic N) is 2. The second kappa shape index (κ2) is 6.44. The molecule has 0 aliphatic heterocycles. The van der Waals surface area contributed by atoms with E-state index in [2.05, 4.69) is 49.9 Å². The third kappa shape index (κ3) is 4.45. The van der Waals surface area contributed by atoms with E-state index in [1.807, 2.05) is 17.5 Å². The Morgan fingerprint density at radius 2 is 1.95 bits per heavy atom. The number of nitrogens with one attached hydrogen (secondary N) is 1. The Kier molecular flexibility index (Phi) is 5.08. The van der Waals surface area contributed by atoms with E-state index in [-0.39, 0.29) is 5.54 Å². The molecule has 1 aliphatic rings. The molecule has 0 atom stereocenters. The Morgan fingerprint density at radius 3 is 2.55 bits per heavy atom. The fraction of sp³-hybridized carbons (Fsp3) is 0.812. The first-order chi connectivity index (χ1) is 9.35. The van der Waals surface area contributed by atoms with Crippen LogP contribution in [0, 0.1) is 5.92 Å². The van der Waals surface area contributed by atoms with Crippen molar-refractivity contribution in [2.75, 3.05) is 11.9 Å². The number of hydrogen-bond acceptors (Lipinski definition) is 4. The van der Waals surface area contributed by atoms with E-state index in [4.69, 9.17) is 0 Å². The van der Waals surface area contributed by atoms with Gasteiger partial charge in [0.25, 0.3) is 0 Å². The van der Waals surface area contributed by atoms with Gasteiger partial charge in [0, 0.05) is 36.2 Å². The number of aromatic nitrogens is 1. The molecule has 1 saturated carbocycles. The van der Waals surface area contributed by atoms with E-state index in [9.17, 15) is 0 Å². The first-order valence-electron chi connectivity index (χ1n) is 7.78. The van der Waals surface area contributed by atoms with Crippen LogP contribution in [-0.4, -0.2) is 23.6 Å². The van der Waals surface area contributed by atoms with E-state index in [0.717, 1.165) is 12.5 Å². The van der Waals surface area contributed by atoms with Crippen LogP contribution in [0.1, 0.15) is 58.3 Å². The molecule has 114 valence electrons. The number of thiazole rings is 1. The largest absolute Gasteiger partial charge is 0.348 e. The van der Waals surface area contributed by atoms with Crippen molar-refractivity contribution in [2.45, 2.75) is 71.5 Å². The summed E-state index contributed by atoms with van der Waals surface area (Å²) >= 11 is 1.83. The second-order valence-corrected chi connectivity index (χ2v) is 8.33. The molecular weight excluding hydrogens is 266 g/mol. The van der Waals surface area contributed by atoms with E-state index in [1.165, 1.54) is 35.7 Å². The fourth-order valence-electron chi connectivity index (χ4n) is 2.68. The minimum absolute atomic E-state index is 0.162. The SMILES string of the molecule is CC1CCC(N(C)c2ncc(CNC(C)(C)C)s2)CC1. The van der Waals surface area contributed by atoms with Crippen molar-refractivity contribution in [1.82, 2.24) is 10.3 Å². The van der Waals surface area contributed by atoms with Gasteiger partial charge in [0.1, 0.15) is 0 Å². The molecule has 1 heterocycles. The van der Waals surface area contributed by atoms with Gasteiger partial charge < -0.3 is 10.2 Å². The van der Waals surface area contributed by atoms with Crippen molar-refractivity contribution in [1.29, 1.82) is 0 Å². The zero-order valence-electron chi connectivity index (χ0n) is 13.6. The number of anilines is 1. The van der Waals surface area contributed by atoms with Gasteiger partial charge in [-0.1, -0.05) is 6.92 Å². The van der Waals surface area contributed by atoms with Crippen LogP contribution in [0.15, 0.2) is 6.20 Å². The maximum Gasteiger partial charge on any atom is 0.185 e. The lowest BCUT2D eigenvalue weighted by molar-refractivity contribution is 0.340. The van der Waals surface area contributed by atoms with Crippen LogP contribution in [0.2, 0.25) is 0 Å². The molecule has 20 heavy (non-hydrogen) atoms. The molecule has 1 aromatic heterocycles. The van der Waals surface area contributed by atoms with E-state index in [1.54, 1.807) is 0 Å². The predicted octanol–water partition coefficient (Wildman–Crippen LogP) is 4.05. The van der Waals surface area contributed by atoms with E-state index < -0.39 is 0 Å². The molecule has 0 bridgehead atoms. The standard InChI is InChI=1S/C16H29N3S/c1-12-6-8-13(9-7-12)19(5)15-17-10-14(20-15)11-18-16(2,3)4/h10,12-13,18H,6-9,11H2,1-5H3. The van der Waals surface area contributed by atoms with Crippen molar-refractivity contribution in [3.8, 4) is 0 Å². The van der Waals surface area contributed by atoms with E-state index in [0.29, 0.717) is 6.04 Å². The number of rotatable bonds is 4. The summed E-state index contributed by atoms with van der Waals surface area (Å²) in [7, 11) is 2.21. The first kappa shape index (κ1) is 15.8. The summed E-state index contributed by atoms with van der Waals surface area (Å²) in [5, 5.41) is 4.70. The molecule has 0 unspecified atom stereocenters. The molecule has 3 nitrogen and oxygen atoms in total. The molecule has 0 radical (unpaired) electrons. The topological polar surface area (TPSA) is 28.2 Å². The van der Waals surface area contributed by atoms with Gasteiger partial charge in [-0.2, -0.15) is 0 Å². The molecule has 4 heteroatoms. The van der Waals surface area contributed by atoms with Gasteiger partial charge >= 0.3 is 0 Å². The normalized spacial score (nSPS) is 23.9. The second-order valence-electron chi connectivity index (χ2n) is 7.24. The smallest absolute Gasteiger partial charge is 0.185 e. The summed E-state index contributed by atoms with van der Waals surface area (Å²) in [5.74, 6) is 0.905.